The second-order valence-corrected chi connectivity index (χ2v) is 24.2. The number of allylic oxidation sites excluding steroid dienone is 2. The molecule has 4 rings (SSSR count). The van der Waals surface area contributed by atoms with Crippen LogP contribution < -0.4 is 0 Å². The van der Waals surface area contributed by atoms with E-state index in [-0.39, 0.29) is 0 Å². The van der Waals surface area contributed by atoms with E-state index in [0.717, 1.165) is 0 Å². The Morgan fingerprint density at radius 2 is 1.11 bits per heavy atom. The van der Waals surface area contributed by atoms with Crippen molar-refractivity contribution in [1.82, 2.24) is 0 Å². The molecule has 1 aliphatic rings. The van der Waals surface area contributed by atoms with Gasteiger partial charge in [-0.2, -0.15) is 0 Å². The molecular weight excluding hydrogens is 551 g/mol. The quantitative estimate of drug-likeness (QED) is 0.182. The molecule has 1 aliphatic carbocycles. The van der Waals surface area contributed by atoms with Crippen LogP contribution in [-0.4, -0.2) is 18.4 Å². The van der Waals surface area contributed by atoms with Crippen molar-refractivity contribution >= 4 is 39.2 Å². The van der Waals surface area contributed by atoms with Crippen LogP contribution in [0, 0.1) is 13.8 Å². The molecule has 0 saturated carbocycles. The van der Waals surface area contributed by atoms with Gasteiger partial charge < -0.3 is 0 Å². The van der Waals surface area contributed by atoms with E-state index in [9.17, 15) is 0 Å². The maximum absolute atomic E-state index is 2.80. The summed E-state index contributed by atoms with van der Waals surface area (Å²) in [6.45, 7) is 11.8. The number of hydrogen-bond acceptors (Lipinski definition) is 0. The van der Waals surface area contributed by atoms with Crippen molar-refractivity contribution in [2.75, 3.05) is 0 Å². The Labute approximate surface area is 230 Å². The van der Waals surface area contributed by atoms with Crippen LogP contribution in [0.3, 0.4) is 0 Å². The molecule has 3 aromatic rings. The summed E-state index contributed by atoms with van der Waals surface area (Å²) in [5, 5.41) is 0. The van der Waals surface area contributed by atoms with Gasteiger partial charge in [0.2, 0.25) is 0 Å². The summed E-state index contributed by atoms with van der Waals surface area (Å²) < 4.78 is 6.31. The van der Waals surface area contributed by atoms with Gasteiger partial charge in [-0.1, -0.05) is 0 Å². The standard InChI is InChI=1S/C24H19.3C4H9.Sn/c1-17-13-21-16-23(20-11-7-4-8-12-20)24(22(21)14-18(17)2)15-19-9-5-3-6-10-19;3*1-3-4-2;/h3-15H,1-2H3;3*1,3-4H2,2H3;/b24-15+;;;;. The summed E-state index contributed by atoms with van der Waals surface area (Å²) in [6, 6.07) is 27.4. The zero-order valence-corrected chi connectivity index (χ0v) is 26.7. The van der Waals surface area contributed by atoms with Crippen LogP contribution in [0.15, 0.2) is 72.8 Å². The van der Waals surface area contributed by atoms with E-state index in [1.165, 1.54) is 85.2 Å². The van der Waals surface area contributed by atoms with E-state index in [2.05, 4.69) is 113 Å². The van der Waals surface area contributed by atoms with Crippen molar-refractivity contribution < 1.29 is 0 Å². The Bertz CT molecular complexity index is 1210. The molecule has 37 heavy (non-hydrogen) atoms. The molecule has 0 heterocycles. The Balaban J connectivity index is 2.10. The van der Waals surface area contributed by atoms with Crippen molar-refractivity contribution in [3.05, 3.63) is 106 Å². The number of unbranched alkanes of at least 4 members (excludes halogenated alkanes) is 3. The fourth-order valence-electron chi connectivity index (χ4n) is 6.27. The van der Waals surface area contributed by atoms with Crippen molar-refractivity contribution in [3.63, 3.8) is 0 Å². The van der Waals surface area contributed by atoms with Crippen molar-refractivity contribution in [3.8, 4) is 0 Å². The third-order valence-corrected chi connectivity index (χ3v) is 24.2. The van der Waals surface area contributed by atoms with Gasteiger partial charge in [-0.05, 0) is 0 Å². The molecule has 0 spiro atoms. The summed E-state index contributed by atoms with van der Waals surface area (Å²) in [7, 11) is 0. The number of fused-ring (bicyclic) bond motifs is 1. The normalized spacial score (nSPS) is 14.5. The van der Waals surface area contributed by atoms with E-state index in [1.54, 1.807) is 11.1 Å². The minimum atomic E-state index is -2.80. The van der Waals surface area contributed by atoms with Gasteiger partial charge in [0.05, 0.1) is 0 Å². The third kappa shape index (κ3) is 6.16. The third-order valence-electron chi connectivity index (χ3n) is 8.44. The zero-order chi connectivity index (χ0) is 26.3. The molecule has 0 aromatic heterocycles. The first-order valence-corrected chi connectivity index (χ1v) is 22.2. The first-order chi connectivity index (χ1) is 18.0. The number of benzene rings is 3. The monoisotopic (exact) mass is 598 g/mol. The van der Waals surface area contributed by atoms with E-state index in [0.29, 0.717) is 0 Å². The minimum absolute atomic E-state index is 1.30. The number of rotatable bonds is 12. The summed E-state index contributed by atoms with van der Waals surface area (Å²) in [5.41, 5.74) is 11.6. The molecule has 0 N–H and O–H groups in total. The summed E-state index contributed by atoms with van der Waals surface area (Å²) in [4.78, 5) is 0. The average molecular weight is 597 g/mol. The van der Waals surface area contributed by atoms with Crippen molar-refractivity contribution in [2.45, 2.75) is 86.5 Å². The Morgan fingerprint density at radius 3 is 1.62 bits per heavy atom. The number of hydrogen-bond donors (Lipinski definition) is 0. The van der Waals surface area contributed by atoms with Crippen molar-refractivity contribution in [2.24, 2.45) is 0 Å². The van der Waals surface area contributed by atoms with Gasteiger partial charge >= 0.3 is 232 Å². The molecule has 0 bridgehead atoms. The van der Waals surface area contributed by atoms with Crippen LogP contribution in [-0.2, 0) is 0 Å². The van der Waals surface area contributed by atoms with E-state index >= 15 is 0 Å². The van der Waals surface area contributed by atoms with Gasteiger partial charge in [0.25, 0.3) is 0 Å². The number of aryl methyl sites for hydroxylation is 2. The van der Waals surface area contributed by atoms with E-state index in [4.69, 9.17) is 0 Å². The SMILES string of the molecule is CCC[CH2][Sn]([CH2]CCC)([CH2]CCC)[C]1=C(c2ccccc2)/C(=C/c2ccccc2)c2cc(C)c(C)cc21. The molecule has 0 aliphatic heterocycles. The molecule has 1 heteroatoms. The Hall–Kier alpha value is -2.06. The van der Waals surface area contributed by atoms with Gasteiger partial charge in [0.1, 0.15) is 0 Å². The molecule has 0 fully saturated rings. The fraction of sp³-hybridized carbons (Fsp3) is 0.389. The fourth-order valence-corrected chi connectivity index (χ4v) is 23.9. The van der Waals surface area contributed by atoms with Crippen LogP contribution in [0.2, 0.25) is 13.3 Å². The van der Waals surface area contributed by atoms with Crippen LogP contribution >= 0.6 is 0 Å². The molecule has 194 valence electrons. The summed E-state index contributed by atoms with van der Waals surface area (Å²) in [6.07, 6.45) is 10.5. The Morgan fingerprint density at radius 1 is 0.622 bits per heavy atom. The van der Waals surface area contributed by atoms with Gasteiger partial charge in [0, 0.05) is 0 Å². The summed E-state index contributed by atoms with van der Waals surface area (Å²) in [5.74, 6) is 0. The van der Waals surface area contributed by atoms with Gasteiger partial charge in [0.15, 0.2) is 0 Å². The van der Waals surface area contributed by atoms with Crippen LogP contribution in [0.1, 0.15) is 92.7 Å². The molecule has 3 aromatic carbocycles. The Kier molecular flexibility index (Phi) is 9.93. The molecule has 0 atom stereocenters. The zero-order valence-electron chi connectivity index (χ0n) is 23.9. The van der Waals surface area contributed by atoms with Crippen molar-refractivity contribution in [1.29, 1.82) is 0 Å². The predicted molar refractivity (Wildman–Crippen MR) is 168 cm³/mol. The predicted octanol–water partition coefficient (Wildman–Crippen LogP) is 11.2. The van der Waals surface area contributed by atoms with Gasteiger partial charge in [-0.15, -0.1) is 0 Å². The van der Waals surface area contributed by atoms with Crippen LogP contribution in [0.4, 0.5) is 0 Å². The second-order valence-electron chi connectivity index (χ2n) is 11.2. The topological polar surface area (TPSA) is 0 Å². The first-order valence-electron chi connectivity index (χ1n) is 14.7. The molecular formula is C36H46Sn. The molecule has 0 unspecified atom stereocenters. The van der Waals surface area contributed by atoms with Crippen LogP contribution in [0.25, 0.3) is 20.8 Å². The molecule has 0 saturated heterocycles. The second kappa shape index (κ2) is 13.1. The first kappa shape index (κ1) is 28.0. The average Bonchev–Trinajstić information content (AvgIpc) is 3.23. The van der Waals surface area contributed by atoms with Crippen LogP contribution in [0.5, 0.6) is 0 Å². The van der Waals surface area contributed by atoms with Gasteiger partial charge in [-0.3, -0.25) is 0 Å². The molecule has 0 radical (unpaired) electrons. The summed E-state index contributed by atoms with van der Waals surface area (Å²) >= 11 is -2.80. The van der Waals surface area contributed by atoms with Gasteiger partial charge in [-0.25, -0.2) is 0 Å². The maximum atomic E-state index is 2.57. The van der Waals surface area contributed by atoms with E-state index < -0.39 is 18.4 Å². The molecule has 0 nitrogen and oxygen atoms in total. The molecule has 0 amide bonds. The van der Waals surface area contributed by atoms with E-state index in [1.807, 2.05) is 3.59 Å².